The van der Waals surface area contributed by atoms with E-state index in [-0.39, 0.29) is 12.5 Å². The van der Waals surface area contributed by atoms with Crippen LogP contribution in [0.3, 0.4) is 0 Å². The van der Waals surface area contributed by atoms with Gasteiger partial charge in [0.15, 0.2) is 6.61 Å². The molecule has 0 fully saturated rings. The molecule has 1 heterocycles. The first-order valence-corrected chi connectivity index (χ1v) is 10.1. The first-order valence-electron chi connectivity index (χ1n) is 8.01. The van der Waals surface area contributed by atoms with Gasteiger partial charge in [0, 0.05) is 16.1 Å². The number of hydrogen-bond donors (Lipinski definition) is 1. The summed E-state index contributed by atoms with van der Waals surface area (Å²) in [5.74, 6) is 2.62. The van der Waals surface area contributed by atoms with E-state index in [2.05, 4.69) is 37.3 Å². The molecule has 1 amide bonds. The molecule has 0 radical (unpaired) electrons. The molecule has 1 unspecified atom stereocenters. The van der Waals surface area contributed by atoms with Gasteiger partial charge < -0.3 is 14.9 Å². The summed E-state index contributed by atoms with van der Waals surface area (Å²) in [4.78, 5) is 21.8. The van der Waals surface area contributed by atoms with E-state index < -0.39 is 11.0 Å². The molecule has 0 aliphatic rings. The number of oxime groups is 1. The van der Waals surface area contributed by atoms with Crippen molar-refractivity contribution in [3.05, 3.63) is 34.9 Å². The van der Waals surface area contributed by atoms with Gasteiger partial charge in [0.2, 0.25) is 5.44 Å². The predicted molar refractivity (Wildman–Crippen MR) is 113 cm³/mol. The molecule has 0 aliphatic carbocycles. The van der Waals surface area contributed by atoms with Gasteiger partial charge in [-0.25, -0.2) is 0 Å². The number of thioether (sulfide) groups is 1. The summed E-state index contributed by atoms with van der Waals surface area (Å²) in [5.41, 5.74) is -0.594. The van der Waals surface area contributed by atoms with Gasteiger partial charge in [0.05, 0.1) is 17.3 Å². The van der Waals surface area contributed by atoms with Crippen LogP contribution in [0, 0.1) is 12.3 Å². The number of halogens is 1. The van der Waals surface area contributed by atoms with Crippen LogP contribution in [0.25, 0.3) is 10.9 Å². The van der Waals surface area contributed by atoms with Gasteiger partial charge in [0.1, 0.15) is 5.75 Å². The fraction of sp³-hybridized carbons (Fsp3) is 0.316. The van der Waals surface area contributed by atoms with E-state index in [0.29, 0.717) is 5.75 Å². The number of carbonyl (C=O) groups is 1. The monoisotopic (exact) mass is 449 g/mol. The summed E-state index contributed by atoms with van der Waals surface area (Å²) >= 11 is 4.70. The molecule has 1 aromatic carbocycles. The van der Waals surface area contributed by atoms with Crippen molar-refractivity contribution in [2.24, 2.45) is 5.16 Å². The lowest BCUT2D eigenvalue weighted by Gasteiger charge is -2.24. The Hall–Kier alpha value is -2.24. The summed E-state index contributed by atoms with van der Waals surface area (Å²) in [6.07, 6.45) is 10.1. The Morgan fingerprint density at radius 1 is 1.52 bits per heavy atom. The Balaban J connectivity index is 2.06. The van der Waals surface area contributed by atoms with Crippen LogP contribution in [0.4, 0.5) is 0 Å². The molecule has 0 bridgehead atoms. The standard InChI is InChI=1S/C19H20BrN3O3S/c1-5-8-25-22-12-19(2,3)23-17(24)18(27-4)26-15-6-7-16-13(10-15)9-14(20)11-21-16/h1,6-7,9-12,18H,8H2,2-4H3,(H,23,24)/b22-12+. The van der Waals surface area contributed by atoms with E-state index >= 15 is 0 Å². The van der Waals surface area contributed by atoms with Crippen LogP contribution in [-0.2, 0) is 9.63 Å². The fourth-order valence-corrected chi connectivity index (χ4v) is 2.97. The molecule has 142 valence electrons. The Bertz CT molecular complexity index is 880. The molecule has 6 nitrogen and oxygen atoms in total. The number of fused-ring (bicyclic) bond motifs is 1. The zero-order valence-electron chi connectivity index (χ0n) is 15.2. The van der Waals surface area contributed by atoms with Crippen molar-refractivity contribution in [3.63, 3.8) is 0 Å². The number of ether oxygens (including phenoxy) is 1. The Morgan fingerprint density at radius 2 is 2.30 bits per heavy atom. The zero-order valence-corrected chi connectivity index (χ0v) is 17.6. The Kier molecular flexibility index (Phi) is 7.51. The molecule has 0 aliphatic heterocycles. The quantitative estimate of drug-likeness (QED) is 0.219. The smallest absolute Gasteiger partial charge is 0.272 e. The summed E-state index contributed by atoms with van der Waals surface area (Å²) in [5, 5.41) is 7.54. The van der Waals surface area contributed by atoms with Crippen molar-refractivity contribution >= 4 is 50.7 Å². The molecule has 2 rings (SSSR count). The highest BCUT2D eigenvalue weighted by atomic mass is 79.9. The van der Waals surface area contributed by atoms with Crippen molar-refractivity contribution in [1.29, 1.82) is 0 Å². The Labute approximate surface area is 171 Å². The first kappa shape index (κ1) is 21.1. The third kappa shape index (κ3) is 6.45. The van der Waals surface area contributed by atoms with Crippen LogP contribution in [0.2, 0.25) is 0 Å². The molecule has 8 heteroatoms. The number of benzene rings is 1. The normalized spacial score (nSPS) is 12.6. The molecule has 0 saturated heterocycles. The van der Waals surface area contributed by atoms with Crippen molar-refractivity contribution in [3.8, 4) is 18.1 Å². The molecule has 0 saturated carbocycles. The molecular formula is C19H20BrN3O3S. The lowest BCUT2D eigenvalue weighted by Crippen LogP contribution is -2.49. The van der Waals surface area contributed by atoms with E-state index in [1.54, 1.807) is 32.4 Å². The third-order valence-corrected chi connectivity index (χ3v) is 4.51. The van der Waals surface area contributed by atoms with Gasteiger partial charge >= 0.3 is 0 Å². The van der Waals surface area contributed by atoms with Crippen LogP contribution < -0.4 is 10.1 Å². The van der Waals surface area contributed by atoms with Gasteiger partial charge in [-0.2, -0.15) is 0 Å². The van der Waals surface area contributed by atoms with E-state index in [1.807, 2.05) is 18.2 Å². The second-order valence-corrected chi connectivity index (χ2v) is 7.93. The lowest BCUT2D eigenvalue weighted by molar-refractivity contribution is -0.125. The highest BCUT2D eigenvalue weighted by Gasteiger charge is 2.26. The van der Waals surface area contributed by atoms with Gasteiger partial charge in [-0.05, 0) is 60.3 Å². The first-order chi connectivity index (χ1) is 12.8. The van der Waals surface area contributed by atoms with E-state index in [0.717, 1.165) is 15.4 Å². The average molecular weight is 450 g/mol. The van der Waals surface area contributed by atoms with Crippen molar-refractivity contribution < 1.29 is 14.4 Å². The maximum absolute atomic E-state index is 12.6. The van der Waals surface area contributed by atoms with Crippen molar-refractivity contribution in [2.75, 3.05) is 12.9 Å². The number of rotatable bonds is 8. The number of aromatic nitrogens is 1. The number of hydrogen-bond acceptors (Lipinski definition) is 6. The number of pyridine rings is 1. The second-order valence-electron chi connectivity index (χ2n) is 6.12. The van der Waals surface area contributed by atoms with Crippen molar-refractivity contribution in [2.45, 2.75) is 24.8 Å². The summed E-state index contributed by atoms with van der Waals surface area (Å²) in [7, 11) is 0. The van der Waals surface area contributed by atoms with Crippen LogP contribution in [-0.4, -0.2) is 40.9 Å². The van der Waals surface area contributed by atoms with E-state index in [1.165, 1.54) is 18.0 Å². The highest BCUT2D eigenvalue weighted by Crippen LogP contribution is 2.24. The number of terminal acetylenes is 1. The average Bonchev–Trinajstić information content (AvgIpc) is 2.62. The zero-order chi connectivity index (χ0) is 19.9. The largest absolute Gasteiger partial charge is 0.470 e. The second kappa shape index (κ2) is 9.62. The molecule has 1 atom stereocenters. The minimum absolute atomic E-state index is 0.0734. The molecule has 1 aromatic heterocycles. The van der Waals surface area contributed by atoms with Gasteiger partial charge in [-0.15, -0.1) is 18.2 Å². The Morgan fingerprint density at radius 3 is 3.00 bits per heavy atom. The number of carbonyl (C=O) groups excluding carboxylic acids is 1. The molecule has 1 N–H and O–H groups in total. The van der Waals surface area contributed by atoms with Crippen LogP contribution in [0.15, 0.2) is 40.1 Å². The van der Waals surface area contributed by atoms with Gasteiger partial charge in [0.25, 0.3) is 5.91 Å². The molecule has 0 spiro atoms. The van der Waals surface area contributed by atoms with E-state index in [9.17, 15) is 4.79 Å². The summed E-state index contributed by atoms with van der Waals surface area (Å²) < 4.78 is 6.74. The number of nitrogens with zero attached hydrogens (tertiary/aromatic N) is 2. The maximum Gasteiger partial charge on any atom is 0.272 e. The van der Waals surface area contributed by atoms with Gasteiger partial charge in [-0.1, -0.05) is 11.1 Å². The maximum atomic E-state index is 12.6. The molecule has 2 aromatic rings. The van der Waals surface area contributed by atoms with Crippen molar-refractivity contribution in [1.82, 2.24) is 10.3 Å². The minimum atomic E-state index is -0.721. The highest BCUT2D eigenvalue weighted by molar-refractivity contribution is 9.10. The number of amides is 1. The molecule has 27 heavy (non-hydrogen) atoms. The fourth-order valence-electron chi connectivity index (χ4n) is 2.14. The van der Waals surface area contributed by atoms with Crippen LogP contribution in [0.5, 0.6) is 5.75 Å². The number of nitrogens with one attached hydrogen (secondary N) is 1. The lowest BCUT2D eigenvalue weighted by atomic mass is 10.1. The predicted octanol–water partition coefficient (Wildman–Crippen LogP) is 3.60. The topological polar surface area (TPSA) is 72.8 Å². The SMILES string of the molecule is C#CCO/N=C/C(C)(C)NC(=O)C(Oc1ccc2ncc(Br)cc2c1)SC. The molecular weight excluding hydrogens is 430 g/mol. The summed E-state index contributed by atoms with van der Waals surface area (Å²) in [6.45, 7) is 3.67. The third-order valence-electron chi connectivity index (χ3n) is 3.33. The summed E-state index contributed by atoms with van der Waals surface area (Å²) in [6, 6.07) is 7.44. The van der Waals surface area contributed by atoms with Crippen LogP contribution >= 0.6 is 27.7 Å². The van der Waals surface area contributed by atoms with Crippen LogP contribution in [0.1, 0.15) is 13.8 Å². The van der Waals surface area contributed by atoms with E-state index in [4.69, 9.17) is 16.0 Å². The van der Waals surface area contributed by atoms with Gasteiger partial charge in [-0.3, -0.25) is 9.78 Å². The minimum Gasteiger partial charge on any atom is -0.470 e.